The van der Waals surface area contributed by atoms with Gasteiger partial charge in [-0.3, -0.25) is 4.98 Å². The largest absolute Gasteiger partial charge is 0.384 e. The molecular weight excluding hydrogens is 272 g/mol. The van der Waals surface area contributed by atoms with E-state index in [4.69, 9.17) is 16.3 Å². The summed E-state index contributed by atoms with van der Waals surface area (Å²) in [6.45, 7) is 2.68. The average molecular weight is 291 g/mol. The highest BCUT2D eigenvalue weighted by Gasteiger charge is 2.20. The Labute approximate surface area is 124 Å². The zero-order valence-electron chi connectivity index (χ0n) is 11.4. The van der Waals surface area contributed by atoms with Crippen molar-refractivity contribution in [2.75, 3.05) is 25.1 Å². The lowest BCUT2D eigenvalue weighted by Crippen LogP contribution is -2.07. The summed E-state index contributed by atoms with van der Waals surface area (Å²) in [4.78, 5) is 4.34. The third-order valence-electron chi connectivity index (χ3n) is 3.54. The fraction of sp³-hybridized carbons (Fsp3) is 0.438. The van der Waals surface area contributed by atoms with Crippen molar-refractivity contribution in [3.8, 4) is 0 Å². The van der Waals surface area contributed by atoms with Gasteiger partial charge < -0.3 is 10.1 Å². The second kappa shape index (κ2) is 6.42. The van der Waals surface area contributed by atoms with Crippen LogP contribution in [0.4, 0.5) is 5.69 Å². The summed E-state index contributed by atoms with van der Waals surface area (Å²) in [6.07, 6.45) is 5.53. The van der Waals surface area contributed by atoms with E-state index >= 15 is 0 Å². The molecular formula is C16H19ClN2O. The Hall–Kier alpha value is -1.32. The fourth-order valence-corrected chi connectivity index (χ4v) is 2.37. The summed E-state index contributed by atoms with van der Waals surface area (Å²) < 4.78 is 5.63. The molecule has 0 unspecified atom stereocenters. The number of rotatable bonds is 7. The van der Waals surface area contributed by atoms with Crippen LogP contribution in [0.25, 0.3) is 10.9 Å². The van der Waals surface area contributed by atoms with Crippen LogP contribution < -0.4 is 5.32 Å². The quantitative estimate of drug-likeness (QED) is 0.779. The van der Waals surface area contributed by atoms with E-state index in [1.165, 1.54) is 12.8 Å². The van der Waals surface area contributed by atoms with E-state index in [2.05, 4.69) is 10.3 Å². The van der Waals surface area contributed by atoms with E-state index in [1.807, 2.05) is 30.5 Å². The van der Waals surface area contributed by atoms with Crippen molar-refractivity contribution < 1.29 is 4.74 Å². The predicted octanol–water partition coefficient (Wildman–Crippen LogP) is 4.12. The van der Waals surface area contributed by atoms with Crippen molar-refractivity contribution in [3.05, 3.63) is 35.5 Å². The molecule has 1 N–H and O–H groups in total. The molecule has 1 aliphatic rings. The van der Waals surface area contributed by atoms with Crippen molar-refractivity contribution in [2.45, 2.75) is 19.3 Å². The first-order chi connectivity index (χ1) is 9.83. The zero-order chi connectivity index (χ0) is 13.8. The molecule has 0 bridgehead atoms. The zero-order valence-corrected chi connectivity index (χ0v) is 12.2. The van der Waals surface area contributed by atoms with Crippen LogP contribution >= 0.6 is 11.6 Å². The molecule has 0 radical (unpaired) electrons. The summed E-state index contributed by atoms with van der Waals surface area (Å²) in [5.74, 6) is 0.844. The highest BCUT2D eigenvalue weighted by molar-refractivity contribution is 6.31. The molecule has 0 amide bonds. The molecule has 0 atom stereocenters. The Morgan fingerprint density at radius 1 is 1.30 bits per heavy atom. The van der Waals surface area contributed by atoms with Crippen LogP contribution in [0, 0.1) is 5.92 Å². The number of benzene rings is 1. The number of nitrogens with zero attached hydrogens (tertiary/aromatic N) is 1. The number of halogens is 1. The van der Waals surface area contributed by atoms with Crippen molar-refractivity contribution in [3.63, 3.8) is 0 Å². The normalized spacial score (nSPS) is 14.7. The van der Waals surface area contributed by atoms with Crippen molar-refractivity contribution in [1.82, 2.24) is 4.98 Å². The van der Waals surface area contributed by atoms with Gasteiger partial charge in [-0.25, -0.2) is 0 Å². The first-order valence-corrected chi connectivity index (χ1v) is 7.56. The molecule has 1 saturated carbocycles. The molecule has 1 heterocycles. The lowest BCUT2D eigenvalue weighted by Gasteiger charge is -2.09. The number of ether oxygens (including phenoxy) is 1. The molecule has 0 saturated heterocycles. The fourth-order valence-electron chi connectivity index (χ4n) is 2.21. The van der Waals surface area contributed by atoms with Crippen LogP contribution in [0.5, 0.6) is 0 Å². The van der Waals surface area contributed by atoms with Gasteiger partial charge in [0.2, 0.25) is 0 Å². The summed E-state index contributed by atoms with van der Waals surface area (Å²) in [5, 5.41) is 5.27. The van der Waals surface area contributed by atoms with Gasteiger partial charge in [-0.1, -0.05) is 11.6 Å². The van der Waals surface area contributed by atoms with Gasteiger partial charge in [-0.05, 0) is 49.4 Å². The number of nitrogens with one attached hydrogen (secondary N) is 1. The number of aromatic nitrogens is 1. The average Bonchev–Trinajstić information content (AvgIpc) is 3.26. The smallest absolute Gasteiger partial charge is 0.0737 e. The molecule has 0 aliphatic heterocycles. The number of fused-ring (bicyclic) bond motifs is 1. The highest BCUT2D eigenvalue weighted by atomic mass is 35.5. The lowest BCUT2D eigenvalue weighted by molar-refractivity contribution is 0.124. The van der Waals surface area contributed by atoms with Crippen LogP contribution in [0.15, 0.2) is 30.5 Å². The van der Waals surface area contributed by atoms with E-state index < -0.39 is 0 Å². The molecule has 20 heavy (non-hydrogen) atoms. The van der Waals surface area contributed by atoms with Gasteiger partial charge in [0.1, 0.15) is 0 Å². The number of hydrogen-bond acceptors (Lipinski definition) is 3. The summed E-state index contributed by atoms with van der Waals surface area (Å²) in [6, 6.07) is 7.80. The van der Waals surface area contributed by atoms with Crippen molar-refractivity contribution in [1.29, 1.82) is 0 Å². The Morgan fingerprint density at radius 2 is 2.20 bits per heavy atom. The van der Waals surface area contributed by atoms with E-state index in [0.717, 1.165) is 53.7 Å². The molecule has 4 heteroatoms. The molecule has 1 aromatic heterocycles. The van der Waals surface area contributed by atoms with Gasteiger partial charge in [0.15, 0.2) is 0 Å². The van der Waals surface area contributed by atoms with Gasteiger partial charge in [0.05, 0.1) is 5.52 Å². The molecule has 3 rings (SSSR count). The van der Waals surface area contributed by atoms with Gasteiger partial charge in [0.25, 0.3) is 0 Å². The Morgan fingerprint density at radius 3 is 3.05 bits per heavy atom. The standard InChI is InChI=1S/C16H19ClN2O/c17-13-4-5-14-15(6-8-19-16(14)10-13)18-7-1-9-20-11-12-2-3-12/h4-6,8,10,12H,1-3,7,9,11H2,(H,18,19). The van der Waals surface area contributed by atoms with Gasteiger partial charge >= 0.3 is 0 Å². The Balaban J connectivity index is 1.51. The predicted molar refractivity (Wildman–Crippen MR) is 83.4 cm³/mol. The SMILES string of the molecule is Clc1ccc2c(NCCCOCC3CC3)ccnc2c1. The van der Waals surface area contributed by atoms with E-state index in [0.29, 0.717) is 0 Å². The molecule has 1 fully saturated rings. The Kier molecular flexibility index (Phi) is 4.38. The van der Waals surface area contributed by atoms with Crippen LogP contribution in [0.2, 0.25) is 5.02 Å². The third kappa shape index (κ3) is 3.62. The van der Waals surface area contributed by atoms with E-state index in [1.54, 1.807) is 0 Å². The number of hydrogen-bond donors (Lipinski definition) is 1. The highest BCUT2D eigenvalue weighted by Crippen LogP contribution is 2.28. The topological polar surface area (TPSA) is 34.1 Å². The maximum Gasteiger partial charge on any atom is 0.0737 e. The Bertz CT molecular complexity index is 584. The molecule has 1 aromatic carbocycles. The minimum Gasteiger partial charge on any atom is -0.384 e. The van der Waals surface area contributed by atoms with Gasteiger partial charge in [0, 0.05) is 42.1 Å². The van der Waals surface area contributed by atoms with Crippen LogP contribution in [0.1, 0.15) is 19.3 Å². The molecule has 106 valence electrons. The summed E-state index contributed by atoms with van der Waals surface area (Å²) in [7, 11) is 0. The van der Waals surface area contributed by atoms with Crippen molar-refractivity contribution >= 4 is 28.2 Å². The van der Waals surface area contributed by atoms with E-state index in [9.17, 15) is 0 Å². The van der Waals surface area contributed by atoms with Crippen LogP contribution in [-0.4, -0.2) is 24.7 Å². The van der Waals surface area contributed by atoms with Gasteiger partial charge in [-0.2, -0.15) is 0 Å². The molecule has 1 aliphatic carbocycles. The monoisotopic (exact) mass is 290 g/mol. The van der Waals surface area contributed by atoms with E-state index in [-0.39, 0.29) is 0 Å². The first kappa shape index (κ1) is 13.7. The summed E-state index contributed by atoms with van der Waals surface area (Å²) in [5.41, 5.74) is 2.03. The second-order valence-electron chi connectivity index (χ2n) is 5.32. The summed E-state index contributed by atoms with van der Waals surface area (Å²) >= 11 is 5.99. The van der Waals surface area contributed by atoms with Crippen LogP contribution in [-0.2, 0) is 4.74 Å². The lowest BCUT2D eigenvalue weighted by atomic mass is 10.2. The minimum atomic E-state index is 0.718. The van der Waals surface area contributed by atoms with Crippen LogP contribution in [0.3, 0.4) is 0 Å². The number of pyridine rings is 1. The maximum absolute atomic E-state index is 5.99. The molecule has 3 nitrogen and oxygen atoms in total. The maximum atomic E-state index is 5.99. The minimum absolute atomic E-state index is 0.718. The number of anilines is 1. The van der Waals surface area contributed by atoms with Gasteiger partial charge in [-0.15, -0.1) is 0 Å². The molecule has 0 spiro atoms. The molecule has 2 aromatic rings. The second-order valence-corrected chi connectivity index (χ2v) is 5.76. The van der Waals surface area contributed by atoms with Crippen molar-refractivity contribution in [2.24, 2.45) is 5.92 Å². The third-order valence-corrected chi connectivity index (χ3v) is 3.77. The first-order valence-electron chi connectivity index (χ1n) is 7.19.